The highest BCUT2D eigenvalue weighted by Crippen LogP contribution is 2.40. The molecule has 0 fully saturated rings. The predicted molar refractivity (Wildman–Crippen MR) is 164 cm³/mol. The van der Waals surface area contributed by atoms with Gasteiger partial charge in [-0.3, -0.25) is 9.78 Å². The summed E-state index contributed by atoms with van der Waals surface area (Å²) in [5.41, 5.74) is 1.18. The molecule has 0 aliphatic carbocycles. The molecular weight excluding hydrogens is 628 g/mol. The molecular formula is C31H28ClF2N5O5S. The zero-order valence-corrected chi connectivity index (χ0v) is 25.6. The minimum absolute atomic E-state index is 0.0000456. The molecule has 2 unspecified atom stereocenters. The molecule has 2 atom stereocenters. The molecule has 0 aliphatic rings. The van der Waals surface area contributed by atoms with Gasteiger partial charge in [0.2, 0.25) is 15.9 Å². The van der Waals surface area contributed by atoms with Gasteiger partial charge in [-0.2, -0.15) is 13.9 Å². The summed E-state index contributed by atoms with van der Waals surface area (Å²) in [5, 5.41) is 6.70. The highest BCUT2D eigenvalue weighted by molar-refractivity contribution is 7.89. The van der Waals surface area contributed by atoms with E-state index in [0.717, 1.165) is 10.5 Å². The molecule has 45 heavy (non-hydrogen) atoms. The van der Waals surface area contributed by atoms with Gasteiger partial charge in [0.1, 0.15) is 0 Å². The largest absolute Gasteiger partial charge is 0.361 e. The Morgan fingerprint density at radius 2 is 1.56 bits per heavy atom. The Kier molecular flexibility index (Phi) is 9.85. The van der Waals surface area contributed by atoms with Crippen LogP contribution in [0.1, 0.15) is 35.8 Å². The Morgan fingerprint density at radius 1 is 0.956 bits per heavy atom. The Bertz CT molecular complexity index is 1850. The molecule has 2 heterocycles. The number of ether oxygens (including phenoxy) is 2. The number of alkyl halides is 2. The molecule has 1 amide bonds. The number of pyridine rings is 1. The van der Waals surface area contributed by atoms with E-state index in [-0.39, 0.29) is 28.0 Å². The van der Waals surface area contributed by atoms with E-state index in [1.807, 2.05) is 0 Å². The van der Waals surface area contributed by atoms with Gasteiger partial charge in [-0.25, -0.2) is 13.1 Å². The molecule has 1 N–H and O–H groups in total. The van der Waals surface area contributed by atoms with Crippen molar-refractivity contribution < 1.29 is 31.5 Å². The lowest BCUT2D eigenvalue weighted by Crippen LogP contribution is -2.40. The first kappa shape index (κ1) is 32.1. The topological polar surface area (TPSA) is 116 Å². The van der Waals surface area contributed by atoms with Crippen LogP contribution in [0.25, 0.3) is 10.9 Å². The van der Waals surface area contributed by atoms with Crippen molar-refractivity contribution in [2.24, 2.45) is 0 Å². The molecule has 0 spiro atoms. The molecule has 0 saturated heterocycles. The first-order chi connectivity index (χ1) is 21.6. The molecule has 3 aromatic carbocycles. The molecule has 5 rings (SSSR count). The standard InChI is InChI=1S/C31H28ClF2N5O5S/c1-43-29(20-10-5-3-6-11-20)39(30(44-2)21-12-7-4-8-13-21)45(41,42)27-17-22(16-25-23(27)19-38(37-25)31(33)34)36-28(40)18-26-24(32)14-9-15-35-26/h3-17,19,29-31H,18H2,1-2H3,(H,36,40). The van der Waals surface area contributed by atoms with Gasteiger partial charge in [-0.15, -0.1) is 4.31 Å². The Balaban J connectivity index is 1.68. The smallest absolute Gasteiger partial charge is 0.333 e. The minimum atomic E-state index is -4.68. The van der Waals surface area contributed by atoms with Crippen LogP contribution in [-0.2, 0) is 30.7 Å². The number of fused-ring (bicyclic) bond motifs is 1. The number of amides is 1. The SMILES string of the molecule is COC(c1ccccc1)N(C(OC)c1ccccc1)S(=O)(=O)c1cc(NC(=O)Cc2ncccc2Cl)cc2nn(C(F)F)cc12. The second-order valence-electron chi connectivity index (χ2n) is 9.78. The van der Waals surface area contributed by atoms with E-state index in [4.69, 9.17) is 21.1 Å². The number of sulfonamides is 1. The zero-order valence-electron chi connectivity index (χ0n) is 24.0. The van der Waals surface area contributed by atoms with E-state index in [0.29, 0.717) is 21.5 Å². The first-order valence-electron chi connectivity index (χ1n) is 13.5. The normalized spacial score (nSPS) is 13.3. The number of nitrogens with one attached hydrogen (secondary N) is 1. The number of hydrogen-bond acceptors (Lipinski definition) is 7. The number of methoxy groups -OCH3 is 2. The summed E-state index contributed by atoms with van der Waals surface area (Å²) in [6, 6.07) is 22.9. The summed E-state index contributed by atoms with van der Waals surface area (Å²) in [7, 11) is -1.98. The third-order valence-corrected chi connectivity index (χ3v) is 9.06. The Hall–Kier alpha value is -4.27. The van der Waals surface area contributed by atoms with Crippen LogP contribution < -0.4 is 5.32 Å². The number of halogens is 3. The molecule has 0 aliphatic heterocycles. The van der Waals surface area contributed by atoms with E-state index in [1.54, 1.807) is 72.8 Å². The summed E-state index contributed by atoms with van der Waals surface area (Å²) in [5.74, 6) is -0.568. The maximum Gasteiger partial charge on any atom is 0.333 e. The maximum atomic E-state index is 14.8. The number of hydrogen-bond donors (Lipinski definition) is 1. The van der Waals surface area contributed by atoms with Crippen LogP contribution in [0.15, 0.2) is 102 Å². The molecule has 10 nitrogen and oxygen atoms in total. The fourth-order valence-corrected chi connectivity index (χ4v) is 6.95. The molecule has 0 radical (unpaired) electrons. The lowest BCUT2D eigenvalue weighted by molar-refractivity contribution is -0.115. The number of benzene rings is 3. The van der Waals surface area contributed by atoms with Crippen LogP contribution in [0.4, 0.5) is 14.5 Å². The molecule has 0 saturated carbocycles. The second-order valence-corrected chi connectivity index (χ2v) is 12.0. The van der Waals surface area contributed by atoms with E-state index in [9.17, 15) is 22.0 Å². The van der Waals surface area contributed by atoms with Crippen LogP contribution >= 0.6 is 11.6 Å². The number of aromatic nitrogens is 3. The molecule has 2 aromatic heterocycles. The van der Waals surface area contributed by atoms with Crippen molar-refractivity contribution in [2.75, 3.05) is 19.5 Å². The summed E-state index contributed by atoms with van der Waals surface area (Å²) in [6.07, 6.45) is -0.234. The average Bonchev–Trinajstić information content (AvgIpc) is 3.47. The molecule has 0 bridgehead atoms. The van der Waals surface area contributed by atoms with Gasteiger partial charge in [0.05, 0.1) is 27.5 Å². The second kappa shape index (κ2) is 13.8. The van der Waals surface area contributed by atoms with Crippen LogP contribution in [0.3, 0.4) is 0 Å². The summed E-state index contributed by atoms with van der Waals surface area (Å²) < 4.78 is 70.2. The van der Waals surface area contributed by atoms with Gasteiger partial charge < -0.3 is 14.8 Å². The quantitative estimate of drug-likeness (QED) is 0.156. The lowest BCUT2D eigenvalue weighted by atomic mass is 10.1. The molecule has 14 heteroatoms. The van der Waals surface area contributed by atoms with Gasteiger partial charge >= 0.3 is 6.55 Å². The van der Waals surface area contributed by atoms with E-state index >= 15 is 0 Å². The summed E-state index contributed by atoms with van der Waals surface area (Å²) in [6.45, 7) is -3.06. The van der Waals surface area contributed by atoms with Crippen molar-refractivity contribution in [3.8, 4) is 0 Å². The van der Waals surface area contributed by atoms with Crippen LogP contribution in [0.2, 0.25) is 5.02 Å². The number of anilines is 1. The van der Waals surface area contributed by atoms with Crippen molar-refractivity contribution in [2.45, 2.75) is 30.3 Å². The summed E-state index contributed by atoms with van der Waals surface area (Å²) in [4.78, 5) is 16.7. The van der Waals surface area contributed by atoms with Crippen molar-refractivity contribution in [1.29, 1.82) is 0 Å². The van der Waals surface area contributed by atoms with Gasteiger partial charge in [0.25, 0.3) is 0 Å². The van der Waals surface area contributed by atoms with Crippen molar-refractivity contribution >= 4 is 44.1 Å². The van der Waals surface area contributed by atoms with Crippen LogP contribution in [-0.4, -0.2) is 47.6 Å². The monoisotopic (exact) mass is 655 g/mol. The fraction of sp³-hybridized carbons (Fsp3) is 0.194. The van der Waals surface area contributed by atoms with Gasteiger partial charge in [-0.05, 0) is 35.4 Å². The number of carbonyl (C=O) groups excluding carboxylic acids is 1. The van der Waals surface area contributed by atoms with Crippen LogP contribution in [0, 0.1) is 0 Å². The Morgan fingerprint density at radius 3 is 2.09 bits per heavy atom. The van der Waals surface area contributed by atoms with E-state index in [1.165, 1.54) is 32.5 Å². The highest BCUT2D eigenvalue weighted by atomic mass is 35.5. The van der Waals surface area contributed by atoms with Crippen molar-refractivity contribution in [3.05, 3.63) is 119 Å². The van der Waals surface area contributed by atoms with Gasteiger partial charge in [0, 0.05) is 37.7 Å². The Labute approximate surface area is 263 Å². The summed E-state index contributed by atoms with van der Waals surface area (Å²) >= 11 is 6.15. The third kappa shape index (κ3) is 6.87. The third-order valence-electron chi connectivity index (χ3n) is 6.88. The minimum Gasteiger partial charge on any atom is -0.361 e. The maximum absolute atomic E-state index is 14.8. The average molecular weight is 656 g/mol. The predicted octanol–water partition coefficient (Wildman–Crippen LogP) is 6.34. The zero-order chi connectivity index (χ0) is 32.1. The van der Waals surface area contributed by atoms with Gasteiger partial charge in [0.15, 0.2) is 12.5 Å². The molecule has 234 valence electrons. The first-order valence-corrected chi connectivity index (χ1v) is 15.3. The number of carbonyl (C=O) groups is 1. The molecule has 5 aromatic rings. The van der Waals surface area contributed by atoms with Gasteiger partial charge in [-0.1, -0.05) is 72.3 Å². The highest BCUT2D eigenvalue weighted by Gasteiger charge is 2.41. The van der Waals surface area contributed by atoms with Crippen molar-refractivity contribution in [3.63, 3.8) is 0 Å². The number of rotatable bonds is 12. The van der Waals surface area contributed by atoms with Crippen molar-refractivity contribution in [1.82, 2.24) is 19.1 Å². The lowest BCUT2D eigenvalue weighted by Gasteiger charge is -2.35. The number of nitrogens with zero attached hydrogens (tertiary/aromatic N) is 4. The van der Waals surface area contributed by atoms with E-state index < -0.39 is 39.8 Å². The fourth-order valence-electron chi connectivity index (χ4n) is 4.90. The van der Waals surface area contributed by atoms with E-state index in [2.05, 4.69) is 15.4 Å². The van der Waals surface area contributed by atoms with Crippen LogP contribution in [0.5, 0.6) is 0 Å².